The second-order valence-corrected chi connectivity index (χ2v) is 4.86. The highest BCUT2D eigenvalue weighted by atomic mass is 19.1. The molecule has 2 unspecified atom stereocenters. The van der Waals surface area contributed by atoms with Crippen LogP contribution in [0.15, 0.2) is 24.3 Å². The van der Waals surface area contributed by atoms with Gasteiger partial charge in [0, 0.05) is 19.1 Å². The van der Waals surface area contributed by atoms with Crippen LogP contribution < -0.4 is 5.73 Å². The van der Waals surface area contributed by atoms with Gasteiger partial charge in [-0.1, -0.05) is 25.5 Å². The molecule has 0 bridgehead atoms. The highest BCUT2D eigenvalue weighted by Crippen LogP contribution is 2.28. The topological polar surface area (TPSA) is 29.3 Å². The summed E-state index contributed by atoms with van der Waals surface area (Å²) in [6.07, 6.45) is 2.46. The number of nitrogens with zero attached hydrogens (tertiary/aromatic N) is 1. The third-order valence-electron chi connectivity index (χ3n) is 3.79. The molecule has 2 rings (SSSR count). The van der Waals surface area contributed by atoms with Crippen molar-refractivity contribution in [2.24, 2.45) is 11.7 Å². The van der Waals surface area contributed by atoms with E-state index in [1.807, 2.05) is 6.07 Å². The molecular weight excluding hydrogens is 215 g/mol. The summed E-state index contributed by atoms with van der Waals surface area (Å²) in [5, 5.41) is 0. The summed E-state index contributed by atoms with van der Waals surface area (Å²) >= 11 is 0. The van der Waals surface area contributed by atoms with Crippen molar-refractivity contribution in [1.82, 2.24) is 4.90 Å². The maximum absolute atomic E-state index is 13.2. The number of rotatable bonds is 4. The Bertz CT molecular complexity index is 367. The molecule has 2 N–H and O–H groups in total. The van der Waals surface area contributed by atoms with Crippen molar-refractivity contribution < 1.29 is 4.39 Å². The average Bonchev–Trinajstić information content (AvgIpc) is 2.79. The van der Waals surface area contributed by atoms with E-state index in [2.05, 4.69) is 11.8 Å². The summed E-state index contributed by atoms with van der Waals surface area (Å²) in [5.41, 5.74) is 6.86. The lowest BCUT2D eigenvalue weighted by atomic mass is 10.0. The molecule has 1 fully saturated rings. The lowest BCUT2D eigenvalue weighted by molar-refractivity contribution is 0.240. The van der Waals surface area contributed by atoms with Crippen LogP contribution in [-0.2, 0) is 0 Å². The SMILES string of the molecule is CCC1CCN(C(CN)c2cccc(F)c2)C1. The summed E-state index contributed by atoms with van der Waals surface area (Å²) in [6.45, 7) is 4.96. The predicted molar refractivity (Wildman–Crippen MR) is 68.2 cm³/mol. The molecule has 2 nitrogen and oxygen atoms in total. The fraction of sp³-hybridized carbons (Fsp3) is 0.571. The molecule has 1 aromatic carbocycles. The Kier molecular flexibility index (Phi) is 4.13. The molecule has 1 saturated heterocycles. The van der Waals surface area contributed by atoms with Crippen LogP contribution in [0.1, 0.15) is 31.4 Å². The normalized spacial score (nSPS) is 22.9. The van der Waals surface area contributed by atoms with E-state index in [0.29, 0.717) is 6.54 Å². The van der Waals surface area contributed by atoms with E-state index in [1.54, 1.807) is 12.1 Å². The predicted octanol–water partition coefficient (Wildman–Crippen LogP) is 2.56. The van der Waals surface area contributed by atoms with E-state index in [9.17, 15) is 4.39 Å². The first-order valence-electron chi connectivity index (χ1n) is 6.44. The van der Waals surface area contributed by atoms with Gasteiger partial charge in [0.2, 0.25) is 0 Å². The minimum absolute atomic E-state index is 0.169. The van der Waals surface area contributed by atoms with E-state index < -0.39 is 0 Å². The van der Waals surface area contributed by atoms with Crippen LogP contribution in [0.5, 0.6) is 0 Å². The quantitative estimate of drug-likeness (QED) is 0.870. The van der Waals surface area contributed by atoms with Gasteiger partial charge in [-0.25, -0.2) is 4.39 Å². The zero-order valence-corrected chi connectivity index (χ0v) is 10.4. The molecule has 94 valence electrons. The zero-order valence-electron chi connectivity index (χ0n) is 10.4. The molecular formula is C14H21FN2. The summed E-state index contributed by atoms with van der Waals surface area (Å²) < 4.78 is 13.2. The molecule has 1 aliphatic rings. The number of benzene rings is 1. The van der Waals surface area contributed by atoms with E-state index in [1.165, 1.54) is 18.9 Å². The highest BCUT2D eigenvalue weighted by Gasteiger charge is 2.27. The third kappa shape index (κ3) is 2.85. The first kappa shape index (κ1) is 12.5. The molecule has 17 heavy (non-hydrogen) atoms. The molecule has 1 heterocycles. The molecule has 0 spiro atoms. The molecule has 0 aromatic heterocycles. The van der Waals surface area contributed by atoms with Crippen LogP contribution in [0, 0.1) is 11.7 Å². The van der Waals surface area contributed by atoms with Crippen LogP contribution >= 0.6 is 0 Å². The average molecular weight is 236 g/mol. The molecule has 0 amide bonds. The van der Waals surface area contributed by atoms with Crippen molar-refractivity contribution in [2.45, 2.75) is 25.8 Å². The van der Waals surface area contributed by atoms with Crippen molar-refractivity contribution in [3.05, 3.63) is 35.6 Å². The van der Waals surface area contributed by atoms with Gasteiger partial charge in [-0.2, -0.15) is 0 Å². The van der Waals surface area contributed by atoms with Crippen LogP contribution in [0.25, 0.3) is 0 Å². The number of hydrogen-bond acceptors (Lipinski definition) is 2. The molecule has 0 saturated carbocycles. The van der Waals surface area contributed by atoms with Crippen LogP contribution in [0.3, 0.4) is 0 Å². The molecule has 1 aliphatic heterocycles. The fourth-order valence-electron chi connectivity index (χ4n) is 2.69. The van der Waals surface area contributed by atoms with Crippen molar-refractivity contribution >= 4 is 0 Å². The number of halogens is 1. The minimum Gasteiger partial charge on any atom is -0.329 e. The second kappa shape index (κ2) is 5.61. The summed E-state index contributed by atoms with van der Waals surface area (Å²) in [5.74, 6) is 0.602. The Morgan fingerprint density at radius 1 is 1.53 bits per heavy atom. The van der Waals surface area contributed by atoms with Crippen molar-refractivity contribution in [3.63, 3.8) is 0 Å². The van der Waals surface area contributed by atoms with Crippen LogP contribution in [-0.4, -0.2) is 24.5 Å². The largest absolute Gasteiger partial charge is 0.329 e. The lowest BCUT2D eigenvalue weighted by Gasteiger charge is -2.27. The second-order valence-electron chi connectivity index (χ2n) is 4.86. The fourth-order valence-corrected chi connectivity index (χ4v) is 2.69. The van der Waals surface area contributed by atoms with E-state index >= 15 is 0 Å². The third-order valence-corrected chi connectivity index (χ3v) is 3.79. The van der Waals surface area contributed by atoms with Gasteiger partial charge in [0.05, 0.1) is 0 Å². The maximum Gasteiger partial charge on any atom is 0.123 e. The summed E-state index contributed by atoms with van der Waals surface area (Å²) in [6, 6.07) is 7.00. The van der Waals surface area contributed by atoms with Gasteiger partial charge in [0.15, 0.2) is 0 Å². The Labute approximate surface area is 103 Å². The van der Waals surface area contributed by atoms with Crippen LogP contribution in [0.4, 0.5) is 4.39 Å². The molecule has 3 heteroatoms. The first-order valence-corrected chi connectivity index (χ1v) is 6.44. The van der Waals surface area contributed by atoms with E-state index in [4.69, 9.17) is 5.73 Å². The molecule has 0 aliphatic carbocycles. The van der Waals surface area contributed by atoms with Crippen LogP contribution in [0.2, 0.25) is 0 Å². The summed E-state index contributed by atoms with van der Waals surface area (Å²) in [4.78, 5) is 2.39. The lowest BCUT2D eigenvalue weighted by Crippen LogP contribution is -2.32. The maximum atomic E-state index is 13.2. The summed E-state index contributed by atoms with van der Waals surface area (Å²) in [7, 11) is 0. The van der Waals surface area contributed by atoms with Crippen molar-refractivity contribution in [1.29, 1.82) is 0 Å². The molecule has 2 atom stereocenters. The number of nitrogens with two attached hydrogens (primary N) is 1. The van der Waals surface area contributed by atoms with Gasteiger partial charge < -0.3 is 5.73 Å². The van der Waals surface area contributed by atoms with E-state index in [0.717, 1.165) is 24.6 Å². The highest BCUT2D eigenvalue weighted by molar-refractivity contribution is 5.21. The van der Waals surface area contributed by atoms with Gasteiger partial charge >= 0.3 is 0 Å². The number of likely N-dealkylation sites (tertiary alicyclic amines) is 1. The van der Waals surface area contributed by atoms with Gasteiger partial charge in [0.1, 0.15) is 5.82 Å². The van der Waals surface area contributed by atoms with Crippen molar-refractivity contribution in [3.8, 4) is 0 Å². The van der Waals surface area contributed by atoms with Gasteiger partial charge in [0.25, 0.3) is 0 Å². The Balaban J connectivity index is 2.11. The Morgan fingerprint density at radius 2 is 2.35 bits per heavy atom. The standard InChI is InChI=1S/C14H21FN2/c1-2-11-6-7-17(10-11)14(9-16)12-4-3-5-13(15)8-12/h3-5,8,11,14H,2,6-7,9-10,16H2,1H3. The van der Waals surface area contributed by atoms with Gasteiger partial charge in [-0.05, 0) is 36.6 Å². The minimum atomic E-state index is -0.174. The van der Waals surface area contributed by atoms with E-state index in [-0.39, 0.29) is 11.9 Å². The van der Waals surface area contributed by atoms with Gasteiger partial charge in [-0.15, -0.1) is 0 Å². The first-order chi connectivity index (χ1) is 8.24. The van der Waals surface area contributed by atoms with Gasteiger partial charge in [-0.3, -0.25) is 4.90 Å². The molecule has 1 aromatic rings. The Hall–Kier alpha value is -0.930. The smallest absolute Gasteiger partial charge is 0.123 e. The zero-order chi connectivity index (χ0) is 12.3. The Morgan fingerprint density at radius 3 is 2.94 bits per heavy atom. The number of hydrogen-bond donors (Lipinski definition) is 1. The molecule has 0 radical (unpaired) electrons. The monoisotopic (exact) mass is 236 g/mol. The van der Waals surface area contributed by atoms with Crippen molar-refractivity contribution in [2.75, 3.05) is 19.6 Å².